The van der Waals surface area contributed by atoms with E-state index in [1.54, 1.807) is 0 Å². The number of aliphatic imine (C=N–C) groups is 2. The van der Waals surface area contributed by atoms with Crippen LogP contribution in [0.3, 0.4) is 0 Å². The van der Waals surface area contributed by atoms with Crippen LogP contribution in [0.4, 0.5) is 0 Å². The molecule has 0 spiro atoms. The summed E-state index contributed by atoms with van der Waals surface area (Å²) in [5, 5.41) is 1.29. The molecule has 0 unspecified atom stereocenters. The van der Waals surface area contributed by atoms with E-state index in [4.69, 9.17) is 38.2 Å². The van der Waals surface area contributed by atoms with Gasteiger partial charge in [-0.05, 0) is 31.0 Å². The van der Waals surface area contributed by atoms with E-state index in [2.05, 4.69) is 83.4 Å². The zero-order chi connectivity index (χ0) is 34.6. The Morgan fingerprint density at radius 1 is 0.490 bits per heavy atom. The van der Waals surface area contributed by atoms with Crippen molar-refractivity contribution in [1.29, 1.82) is 0 Å². The van der Waals surface area contributed by atoms with Crippen LogP contribution in [0.25, 0.3) is 33.9 Å². The molecule has 248 valence electrons. The molecular formula is C45H34Cl2N4. The Morgan fingerprint density at radius 3 is 1.51 bits per heavy atom. The van der Waals surface area contributed by atoms with Crippen molar-refractivity contribution in [3.8, 4) is 33.9 Å². The van der Waals surface area contributed by atoms with Gasteiger partial charge in [-0.15, -0.1) is 0 Å². The molecule has 0 radical (unpaired) electrons. The minimum absolute atomic E-state index is 0.610. The second-order valence-corrected chi connectivity index (χ2v) is 13.4. The van der Waals surface area contributed by atoms with E-state index in [-0.39, 0.29) is 0 Å². The molecule has 1 aliphatic rings. The standard InChI is InChI=1S/C45H34Cl2N4/c46-38-28-15-13-26-36(38)44-48-42(34-22-9-3-10-23-34)43(35-24-11-4-12-25-35)51(44)31-17-30-45(37-27-14-16-29-39(37)47)49-40(32-18-5-1-6-19-32)41(50-45)33-20-7-2-8-21-33/h1-16,18-29H,17,30-31H2. The van der Waals surface area contributed by atoms with Crippen LogP contribution in [0.15, 0.2) is 180 Å². The Hall–Kier alpha value is -5.55. The molecule has 6 heteroatoms. The second kappa shape index (κ2) is 14.4. The van der Waals surface area contributed by atoms with Gasteiger partial charge in [-0.1, -0.05) is 175 Å². The van der Waals surface area contributed by atoms with Crippen LogP contribution in [0.1, 0.15) is 29.5 Å². The molecule has 1 aromatic heterocycles. The highest BCUT2D eigenvalue weighted by Gasteiger charge is 2.40. The molecule has 0 saturated heterocycles. The average molecular weight is 702 g/mol. The van der Waals surface area contributed by atoms with Crippen molar-refractivity contribution in [3.63, 3.8) is 0 Å². The molecule has 6 aromatic carbocycles. The first-order valence-corrected chi connectivity index (χ1v) is 17.9. The summed E-state index contributed by atoms with van der Waals surface area (Å²) >= 11 is 13.9. The van der Waals surface area contributed by atoms with Gasteiger partial charge in [-0.2, -0.15) is 0 Å². The zero-order valence-corrected chi connectivity index (χ0v) is 29.3. The fourth-order valence-corrected chi connectivity index (χ4v) is 7.44. The molecule has 7 aromatic rings. The molecule has 0 amide bonds. The number of rotatable bonds is 10. The van der Waals surface area contributed by atoms with Gasteiger partial charge in [0, 0.05) is 44.9 Å². The highest BCUT2D eigenvalue weighted by atomic mass is 35.5. The lowest BCUT2D eigenvalue weighted by molar-refractivity contribution is 0.411. The summed E-state index contributed by atoms with van der Waals surface area (Å²) < 4.78 is 2.32. The van der Waals surface area contributed by atoms with Gasteiger partial charge in [0.25, 0.3) is 0 Å². The maximum atomic E-state index is 7.01. The molecule has 0 bridgehead atoms. The molecule has 51 heavy (non-hydrogen) atoms. The Bertz CT molecular complexity index is 2290. The van der Waals surface area contributed by atoms with Crippen molar-refractivity contribution < 1.29 is 0 Å². The van der Waals surface area contributed by atoms with Gasteiger partial charge in [-0.25, -0.2) is 15.0 Å². The van der Waals surface area contributed by atoms with E-state index < -0.39 is 5.66 Å². The highest BCUT2D eigenvalue weighted by Crippen LogP contribution is 2.43. The minimum Gasteiger partial charge on any atom is -0.323 e. The van der Waals surface area contributed by atoms with Gasteiger partial charge in [0.1, 0.15) is 5.82 Å². The lowest BCUT2D eigenvalue weighted by atomic mass is 9.95. The number of imidazole rings is 1. The molecule has 0 atom stereocenters. The van der Waals surface area contributed by atoms with Crippen LogP contribution in [0, 0.1) is 0 Å². The number of hydrogen-bond donors (Lipinski definition) is 0. The summed E-state index contributed by atoms with van der Waals surface area (Å²) in [6, 6.07) is 57.3. The van der Waals surface area contributed by atoms with Gasteiger partial charge in [0.15, 0.2) is 5.66 Å². The third-order valence-corrected chi connectivity index (χ3v) is 9.96. The van der Waals surface area contributed by atoms with E-state index >= 15 is 0 Å². The van der Waals surface area contributed by atoms with Crippen LogP contribution in [0.5, 0.6) is 0 Å². The van der Waals surface area contributed by atoms with Gasteiger partial charge >= 0.3 is 0 Å². The minimum atomic E-state index is -0.936. The fourth-order valence-electron chi connectivity index (χ4n) is 6.94. The van der Waals surface area contributed by atoms with Crippen LogP contribution >= 0.6 is 23.2 Å². The summed E-state index contributed by atoms with van der Waals surface area (Å²) in [6.45, 7) is 0.642. The van der Waals surface area contributed by atoms with Crippen molar-refractivity contribution >= 4 is 34.6 Å². The average Bonchev–Trinajstić information content (AvgIpc) is 3.77. The summed E-state index contributed by atoms with van der Waals surface area (Å²) in [5.74, 6) is 0.818. The van der Waals surface area contributed by atoms with Gasteiger partial charge in [-0.3, -0.25) is 0 Å². The summed E-state index contributed by atoms with van der Waals surface area (Å²) in [7, 11) is 0. The highest BCUT2D eigenvalue weighted by molar-refractivity contribution is 6.54. The first-order valence-electron chi connectivity index (χ1n) is 17.1. The quantitative estimate of drug-likeness (QED) is 0.140. The summed E-state index contributed by atoms with van der Waals surface area (Å²) in [4.78, 5) is 16.4. The van der Waals surface area contributed by atoms with Crippen molar-refractivity contribution in [2.45, 2.75) is 25.0 Å². The monoisotopic (exact) mass is 700 g/mol. The van der Waals surface area contributed by atoms with Crippen LogP contribution in [-0.2, 0) is 12.2 Å². The number of hydrogen-bond acceptors (Lipinski definition) is 3. The fraction of sp³-hybridized carbons (Fsp3) is 0.0889. The zero-order valence-electron chi connectivity index (χ0n) is 27.8. The topological polar surface area (TPSA) is 42.5 Å². The van der Waals surface area contributed by atoms with E-state index in [1.807, 2.05) is 91.0 Å². The normalized spacial score (nSPS) is 13.5. The number of benzene rings is 6. The first-order chi connectivity index (χ1) is 25.1. The number of halogens is 2. The van der Waals surface area contributed by atoms with Crippen LogP contribution in [0.2, 0.25) is 10.0 Å². The largest absolute Gasteiger partial charge is 0.323 e. The Kier molecular flexibility index (Phi) is 9.19. The third-order valence-electron chi connectivity index (χ3n) is 9.30. The van der Waals surface area contributed by atoms with E-state index in [9.17, 15) is 0 Å². The van der Waals surface area contributed by atoms with E-state index in [1.165, 1.54) is 0 Å². The van der Waals surface area contributed by atoms with Crippen LogP contribution in [-0.4, -0.2) is 21.0 Å². The second-order valence-electron chi connectivity index (χ2n) is 12.5. The first kappa shape index (κ1) is 32.6. The Balaban J connectivity index is 1.28. The molecule has 0 fully saturated rings. The molecular weight excluding hydrogens is 667 g/mol. The van der Waals surface area contributed by atoms with Crippen molar-refractivity contribution in [2.24, 2.45) is 9.98 Å². The molecule has 8 rings (SSSR count). The lowest BCUT2D eigenvalue weighted by Crippen LogP contribution is -2.21. The predicted molar refractivity (Wildman–Crippen MR) is 212 cm³/mol. The SMILES string of the molecule is Clc1ccccc1-c1nc(-c2ccccc2)c(-c2ccccc2)n1CCCC1(c2ccccc2Cl)N=C(c2ccccc2)C(c2ccccc2)=N1. The van der Waals surface area contributed by atoms with Crippen molar-refractivity contribution in [2.75, 3.05) is 0 Å². The lowest BCUT2D eigenvalue weighted by Gasteiger charge is -2.25. The van der Waals surface area contributed by atoms with Crippen molar-refractivity contribution in [1.82, 2.24) is 9.55 Å². The predicted octanol–water partition coefficient (Wildman–Crippen LogP) is 11.8. The van der Waals surface area contributed by atoms with E-state index in [0.717, 1.165) is 68.4 Å². The summed E-state index contributed by atoms with van der Waals surface area (Å²) in [5.41, 5.74) is 8.66. The van der Waals surface area contributed by atoms with Gasteiger partial charge < -0.3 is 4.57 Å². The third kappa shape index (κ3) is 6.45. The number of nitrogens with zero attached hydrogens (tertiary/aromatic N) is 4. The number of aromatic nitrogens is 2. The summed E-state index contributed by atoms with van der Waals surface area (Å²) in [6.07, 6.45) is 1.34. The maximum absolute atomic E-state index is 7.01. The Morgan fingerprint density at radius 2 is 0.961 bits per heavy atom. The molecule has 0 aliphatic carbocycles. The van der Waals surface area contributed by atoms with Gasteiger partial charge in [0.05, 0.1) is 27.8 Å². The smallest absolute Gasteiger partial charge is 0.178 e. The Labute approximate surface area is 308 Å². The maximum Gasteiger partial charge on any atom is 0.178 e. The molecule has 0 saturated carbocycles. The van der Waals surface area contributed by atoms with Gasteiger partial charge in [0.2, 0.25) is 0 Å². The van der Waals surface area contributed by atoms with E-state index in [0.29, 0.717) is 23.0 Å². The molecule has 4 nitrogen and oxygen atoms in total. The van der Waals surface area contributed by atoms with Crippen molar-refractivity contribution in [3.05, 3.63) is 197 Å². The molecule has 1 aliphatic heterocycles. The van der Waals surface area contributed by atoms with Crippen LogP contribution < -0.4 is 0 Å². The molecule has 2 heterocycles. The molecule has 0 N–H and O–H groups in total.